The van der Waals surface area contributed by atoms with Crippen LogP contribution in [-0.4, -0.2) is 21.1 Å². The van der Waals surface area contributed by atoms with Crippen molar-refractivity contribution in [1.82, 2.24) is 14.6 Å². The number of fused-ring (bicyclic) bond motifs is 2. The van der Waals surface area contributed by atoms with E-state index in [0.717, 1.165) is 42.2 Å². The highest BCUT2D eigenvalue weighted by molar-refractivity contribution is 5.67. The van der Waals surface area contributed by atoms with Crippen LogP contribution in [0.4, 0.5) is 5.82 Å². The minimum atomic E-state index is 0.845. The van der Waals surface area contributed by atoms with Crippen molar-refractivity contribution in [2.24, 2.45) is 5.92 Å². The number of anilines is 1. The number of nitrogens with zero attached hydrogens (tertiary/aromatic N) is 3. The van der Waals surface area contributed by atoms with Crippen molar-refractivity contribution in [2.45, 2.75) is 39.0 Å². The summed E-state index contributed by atoms with van der Waals surface area (Å²) in [6.45, 7) is 3.18. The molecule has 5 rings (SSSR count). The van der Waals surface area contributed by atoms with Gasteiger partial charge in [0, 0.05) is 29.4 Å². The van der Waals surface area contributed by atoms with Crippen molar-refractivity contribution >= 4 is 11.5 Å². The predicted molar refractivity (Wildman–Crippen MR) is 96.4 cm³/mol. The Labute approximate surface area is 141 Å². The topological polar surface area (TPSA) is 42.2 Å². The zero-order chi connectivity index (χ0) is 16.1. The molecule has 1 N–H and O–H groups in total. The molecule has 1 saturated carbocycles. The molecule has 2 heterocycles. The highest BCUT2D eigenvalue weighted by atomic mass is 15.3. The van der Waals surface area contributed by atoms with E-state index in [1.165, 1.54) is 41.9 Å². The van der Waals surface area contributed by atoms with E-state index in [1.807, 2.05) is 4.52 Å². The van der Waals surface area contributed by atoms with Crippen LogP contribution in [-0.2, 0) is 12.8 Å². The van der Waals surface area contributed by atoms with Gasteiger partial charge in [-0.05, 0) is 51.0 Å². The molecule has 0 aliphatic heterocycles. The quantitative estimate of drug-likeness (QED) is 0.790. The summed E-state index contributed by atoms with van der Waals surface area (Å²) in [6.07, 6.45) is 6.13. The molecule has 122 valence electrons. The molecule has 0 saturated heterocycles. The average molecular weight is 318 g/mol. The Hall–Kier alpha value is -2.36. The molecule has 2 aliphatic rings. The summed E-state index contributed by atoms with van der Waals surface area (Å²) >= 11 is 0. The number of nitrogens with one attached hydrogen (secondary N) is 1. The first-order valence-electron chi connectivity index (χ1n) is 9.00. The Morgan fingerprint density at radius 3 is 2.96 bits per heavy atom. The van der Waals surface area contributed by atoms with Gasteiger partial charge < -0.3 is 5.32 Å². The van der Waals surface area contributed by atoms with Crippen LogP contribution in [0.25, 0.3) is 16.9 Å². The van der Waals surface area contributed by atoms with Gasteiger partial charge in [0.05, 0.1) is 5.69 Å². The molecule has 0 spiro atoms. The van der Waals surface area contributed by atoms with Gasteiger partial charge in [-0.25, -0.2) is 4.98 Å². The second-order valence-corrected chi connectivity index (χ2v) is 7.23. The molecule has 2 aliphatic carbocycles. The van der Waals surface area contributed by atoms with Crippen LogP contribution < -0.4 is 5.32 Å². The summed E-state index contributed by atoms with van der Waals surface area (Å²) < 4.78 is 2.03. The SMILES string of the molecule is Cc1cccc(-c2cc3nc4c(c(NCC5CC5)n3n2)CCC4)c1. The fraction of sp³-hybridized carbons (Fsp3) is 0.400. The minimum absolute atomic E-state index is 0.845. The van der Waals surface area contributed by atoms with Crippen molar-refractivity contribution in [3.05, 3.63) is 47.2 Å². The molecule has 0 amide bonds. The molecule has 3 aromatic rings. The van der Waals surface area contributed by atoms with Crippen LogP contribution in [0.3, 0.4) is 0 Å². The van der Waals surface area contributed by atoms with Gasteiger partial charge >= 0.3 is 0 Å². The number of aryl methyl sites for hydroxylation is 2. The average Bonchev–Trinajstić information content (AvgIpc) is 3.12. The third kappa shape index (κ3) is 2.37. The zero-order valence-corrected chi connectivity index (χ0v) is 14.0. The Kier molecular flexibility index (Phi) is 3.12. The van der Waals surface area contributed by atoms with E-state index >= 15 is 0 Å². The molecule has 4 nitrogen and oxygen atoms in total. The Bertz CT molecular complexity index is 921. The van der Waals surface area contributed by atoms with E-state index < -0.39 is 0 Å². The van der Waals surface area contributed by atoms with Gasteiger partial charge in [0.15, 0.2) is 5.65 Å². The van der Waals surface area contributed by atoms with Crippen LogP contribution in [0.15, 0.2) is 30.3 Å². The summed E-state index contributed by atoms with van der Waals surface area (Å²) in [5, 5.41) is 8.58. The standard InChI is InChI=1S/C20H22N4/c1-13-4-2-5-15(10-13)18-11-19-22-17-7-3-6-16(17)20(24(19)23-18)21-12-14-8-9-14/h2,4-5,10-11,14,21H,3,6-9,12H2,1H3. The third-order valence-electron chi connectivity index (χ3n) is 5.20. The molecule has 2 aromatic heterocycles. The van der Waals surface area contributed by atoms with Crippen molar-refractivity contribution < 1.29 is 0 Å². The van der Waals surface area contributed by atoms with Crippen LogP contribution in [0.1, 0.15) is 36.1 Å². The van der Waals surface area contributed by atoms with Crippen molar-refractivity contribution in [1.29, 1.82) is 0 Å². The van der Waals surface area contributed by atoms with Gasteiger partial charge in [0.25, 0.3) is 0 Å². The number of hydrogen-bond donors (Lipinski definition) is 1. The molecule has 24 heavy (non-hydrogen) atoms. The lowest BCUT2D eigenvalue weighted by atomic mass is 10.1. The summed E-state index contributed by atoms with van der Waals surface area (Å²) in [7, 11) is 0. The number of aromatic nitrogens is 3. The van der Waals surface area contributed by atoms with Gasteiger partial charge in [-0.15, -0.1) is 0 Å². The van der Waals surface area contributed by atoms with Crippen molar-refractivity contribution in [3.8, 4) is 11.3 Å². The third-order valence-corrected chi connectivity index (χ3v) is 5.20. The Balaban J connectivity index is 1.63. The van der Waals surface area contributed by atoms with Crippen LogP contribution >= 0.6 is 0 Å². The molecule has 0 atom stereocenters. The van der Waals surface area contributed by atoms with E-state index in [0.29, 0.717) is 0 Å². The first-order chi connectivity index (χ1) is 11.8. The molecule has 1 fully saturated rings. The first kappa shape index (κ1) is 14.0. The van der Waals surface area contributed by atoms with Crippen molar-refractivity contribution in [2.75, 3.05) is 11.9 Å². The van der Waals surface area contributed by atoms with E-state index in [2.05, 4.69) is 42.6 Å². The Morgan fingerprint density at radius 1 is 1.21 bits per heavy atom. The second kappa shape index (κ2) is 5.33. The van der Waals surface area contributed by atoms with Crippen molar-refractivity contribution in [3.63, 3.8) is 0 Å². The first-order valence-corrected chi connectivity index (χ1v) is 9.00. The molecule has 0 unspecified atom stereocenters. The van der Waals surface area contributed by atoms with Gasteiger partial charge in [-0.1, -0.05) is 23.8 Å². The number of benzene rings is 1. The second-order valence-electron chi connectivity index (χ2n) is 7.23. The summed E-state index contributed by atoms with van der Waals surface area (Å²) in [6, 6.07) is 10.6. The molecule has 4 heteroatoms. The Morgan fingerprint density at radius 2 is 2.12 bits per heavy atom. The molecular formula is C20H22N4. The maximum absolute atomic E-state index is 4.89. The maximum Gasteiger partial charge on any atom is 0.158 e. The number of rotatable bonds is 4. The zero-order valence-electron chi connectivity index (χ0n) is 14.0. The molecule has 0 radical (unpaired) electrons. The lowest BCUT2D eigenvalue weighted by Crippen LogP contribution is -2.12. The molecular weight excluding hydrogens is 296 g/mol. The monoisotopic (exact) mass is 318 g/mol. The fourth-order valence-electron chi connectivity index (χ4n) is 3.68. The van der Waals surface area contributed by atoms with Crippen LogP contribution in [0.2, 0.25) is 0 Å². The smallest absolute Gasteiger partial charge is 0.158 e. The van der Waals surface area contributed by atoms with Gasteiger partial charge in [0.2, 0.25) is 0 Å². The summed E-state index contributed by atoms with van der Waals surface area (Å²) in [4.78, 5) is 4.89. The largest absolute Gasteiger partial charge is 0.369 e. The lowest BCUT2D eigenvalue weighted by molar-refractivity contribution is 0.847. The van der Waals surface area contributed by atoms with Gasteiger partial charge in [-0.2, -0.15) is 9.61 Å². The highest BCUT2D eigenvalue weighted by Gasteiger charge is 2.25. The normalized spacial score (nSPS) is 16.5. The molecule has 1 aromatic carbocycles. The fourth-order valence-corrected chi connectivity index (χ4v) is 3.68. The lowest BCUT2D eigenvalue weighted by Gasteiger charge is -2.12. The summed E-state index contributed by atoms with van der Waals surface area (Å²) in [5.74, 6) is 2.02. The van der Waals surface area contributed by atoms with Gasteiger partial charge in [-0.3, -0.25) is 0 Å². The molecule has 0 bridgehead atoms. The van der Waals surface area contributed by atoms with Gasteiger partial charge in [0.1, 0.15) is 5.82 Å². The van der Waals surface area contributed by atoms with E-state index in [1.54, 1.807) is 0 Å². The van der Waals surface area contributed by atoms with E-state index in [4.69, 9.17) is 10.1 Å². The predicted octanol–water partition coefficient (Wildman–Crippen LogP) is 4.02. The van der Waals surface area contributed by atoms with E-state index in [-0.39, 0.29) is 0 Å². The highest BCUT2D eigenvalue weighted by Crippen LogP contribution is 2.33. The maximum atomic E-state index is 4.89. The van der Waals surface area contributed by atoms with Crippen LogP contribution in [0.5, 0.6) is 0 Å². The van der Waals surface area contributed by atoms with Crippen LogP contribution in [0, 0.1) is 12.8 Å². The summed E-state index contributed by atoms with van der Waals surface area (Å²) in [5.41, 5.74) is 7.02. The van der Waals surface area contributed by atoms with E-state index in [9.17, 15) is 0 Å². The number of hydrogen-bond acceptors (Lipinski definition) is 3. The minimum Gasteiger partial charge on any atom is -0.369 e.